The lowest BCUT2D eigenvalue weighted by atomic mass is 9.84. The third-order valence-electron chi connectivity index (χ3n) is 2.69. The van der Waals surface area contributed by atoms with Crippen molar-refractivity contribution in [2.45, 2.75) is 31.6 Å². The fourth-order valence-corrected chi connectivity index (χ4v) is 1.69. The van der Waals surface area contributed by atoms with Crippen molar-refractivity contribution in [3.05, 3.63) is 18.0 Å². The highest BCUT2D eigenvalue weighted by Gasteiger charge is 2.45. The summed E-state index contributed by atoms with van der Waals surface area (Å²) < 4.78 is 14.8. The zero-order valence-corrected chi connectivity index (χ0v) is 7.16. The van der Waals surface area contributed by atoms with E-state index in [-0.39, 0.29) is 5.41 Å². The monoisotopic (exact) mass is 169 g/mol. The Morgan fingerprint density at radius 3 is 2.92 bits per heavy atom. The van der Waals surface area contributed by atoms with E-state index in [4.69, 9.17) is 5.73 Å². The summed E-state index contributed by atoms with van der Waals surface area (Å²) in [5.74, 6) is 0. The molecule has 0 saturated carbocycles. The molecule has 1 aromatic rings. The highest BCUT2D eigenvalue weighted by Crippen LogP contribution is 2.39. The fourth-order valence-electron chi connectivity index (χ4n) is 1.69. The van der Waals surface area contributed by atoms with Gasteiger partial charge in [-0.05, 0) is 6.07 Å². The Bertz CT molecular complexity index is 305. The van der Waals surface area contributed by atoms with Crippen molar-refractivity contribution in [1.82, 2.24) is 9.78 Å². The maximum atomic E-state index is 13.4. The second kappa shape index (κ2) is 2.07. The number of alkyl halides is 1. The predicted molar refractivity (Wildman–Crippen MR) is 43.4 cm³/mol. The number of halogens is 1. The first kappa shape index (κ1) is 7.73. The maximum absolute atomic E-state index is 13.4. The lowest BCUT2D eigenvalue weighted by Crippen LogP contribution is -2.38. The molecule has 1 aliphatic rings. The summed E-state index contributed by atoms with van der Waals surface area (Å²) in [5.41, 5.74) is 6.28. The summed E-state index contributed by atoms with van der Waals surface area (Å²) in [7, 11) is 0. The molecule has 0 fully saturated rings. The Morgan fingerprint density at radius 2 is 2.33 bits per heavy atom. The van der Waals surface area contributed by atoms with Crippen LogP contribution in [-0.2, 0) is 5.41 Å². The predicted octanol–water partition coefficient (Wildman–Crippen LogP) is 0.970. The van der Waals surface area contributed by atoms with Gasteiger partial charge in [0.1, 0.15) is 0 Å². The average molecular weight is 169 g/mol. The lowest BCUT2D eigenvalue weighted by Gasteiger charge is -2.22. The summed E-state index contributed by atoms with van der Waals surface area (Å²) in [5, 5.41) is 3.89. The van der Waals surface area contributed by atoms with Gasteiger partial charge in [0.15, 0.2) is 0 Å². The van der Waals surface area contributed by atoms with E-state index in [1.165, 1.54) is 4.68 Å². The number of rotatable bonds is 0. The van der Waals surface area contributed by atoms with Gasteiger partial charge in [-0.2, -0.15) is 5.10 Å². The van der Waals surface area contributed by atoms with Gasteiger partial charge in [-0.1, -0.05) is 13.8 Å². The topological polar surface area (TPSA) is 43.8 Å². The molecule has 2 heterocycles. The molecule has 0 aromatic carbocycles. The molecule has 1 aliphatic heterocycles. The van der Waals surface area contributed by atoms with Crippen LogP contribution in [0, 0.1) is 0 Å². The van der Waals surface area contributed by atoms with Crippen LogP contribution in [0.1, 0.15) is 25.8 Å². The van der Waals surface area contributed by atoms with Crippen LogP contribution in [-0.4, -0.2) is 15.8 Å². The second-order valence-electron chi connectivity index (χ2n) is 3.78. The molecule has 0 amide bonds. The van der Waals surface area contributed by atoms with Crippen molar-refractivity contribution >= 4 is 0 Å². The van der Waals surface area contributed by atoms with Gasteiger partial charge >= 0.3 is 0 Å². The highest BCUT2D eigenvalue weighted by molar-refractivity contribution is 5.23. The van der Waals surface area contributed by atoms with Gasteiger partial charge < -0.3 is 5.73 Å². The molecule has 2 atom stereocenters. The van der Waals surface area contributed by atoms with Crippen molar-refractivity contribution in [3.63, 3.8) is 0 Å². The van der Waals surface area contributed by atoms with Crippen LogP contribution < -0.4 is 5.73 Å². The van der Waals surface area contributed by atoms with Gasteiger partial charge in [0.25, 0.3) is 0 Å². The van der Waals surface area contributed by atoms with E-state index in [9.17, 15) is 4.39 Å². The van der Waals surface area contributed by atoms with Gasteiger partial charge in [-0.3, -0.25) is 0 Å². The van der Waals surface area contributed by atoms with Crippen LogP contribution in [0.15, 0.2) is 12.3 Å². The number of fused-ring (bicyclic) bond motifs is 1. The molecule has 0 aliphatic carbocycles. The van der Waals surface area contributed by atoms with Crippen LogP contribution in [0.25, 0.3) is 0 Å². The molecule has 12 heavy (non-hydrogen) atoms. The fraction of sp³-hybridized carbons (Fsp3) is 0.625. The van der Waals surface area contributed by atoms with Crippen molar-refractivity contribution < 1.29 is 4.39 Å². The summed E-state index contributed by atoms with van der Waals surface area (Å²) >= 11 is 0. The summed E-state index contributed by atoms with van der Waals surface area (Å²) in [6.07, 6.45) is 0.431. The molecule has 3 nitrogen and oxygen atoms in total. The molecule has 0 saturated heterocycles. The minimum atomic E-state index is -1.18. The van der Waals surface area contributed by atoms with Gasteiger partial charge in [-0.15, -0.1) is 0 Å². The minimum Gasteiger partial charge on any atom is -0.323 e. The zero-order valence-electron chi connectivity index (χ0n) is 7.16. The summed E-state index contributed by atoms with van der Waals surface area (Å²) in [4.78, 5) is 0. The molecule has 0 bridgehead atoms. The molecule has 0 spiro atoms. The Morgan fingerprint density at radius 1 is 1.67 bits per heavy atom. The second-order valence-corrected chi connectivity index (χ2v) is 3.78. The third-order valence-corrected chi connectivity index (χ3v) is 2.69. The number of nitrogens with two attached hydrogens (primary N) is 1. The first-order valence-corrected chi connectivity index (χ1v) is 3.99. The minimum absolute atomic E-state index is 0.310. The smallest absolute Gasteiger partial charge is 0.207 e. The van der Waals surface area contributed by atoms with Gasteiger partial charge in [0, 0.05) is 17.3 Å². The molecule has 2 unspecified atom stereocenters. The Hall–Kier alpha value is -0.900. The van der Waals surface area contributed by atoms with Crippen LogP contribution in [0.3, 0.4) is 0 Å². The third kappa shape index (κ3) is 0.705. The van der Waals surface area contributed by atoms with E-state index in [1.54, 1.807) is 6.20 Å². The van der Waals surface area contributed by atoms with Crippen molar-refractivity contribution in [2.75, 3.05) is 0 Å². The van der Waals surface area contributed by atoms with E-state index in [0.29, 0.717) is 0 Å². The van der Waals surface area contributed by atoms with Gasteiger partial charge in [0.2, 0.25) is 6.30 Å². The molecular formula is C8H12FN3. The lowest BCUT2D eigenvalue weighted by molar-refractivity contribution is 0.185. The van der Waals surface area contributed by atoms with E-state index < -0.39 is 12.3 Å². The van der Waals surface area contributed by atoms with Crippen LogP contribution in [0.2, 0.25) is 0 Å². The summed E-state index contributed by atoms with van der Waals surface area (Å²) in [6, 6.07) is 1.33. The van der Waals surface area contributed by atoms with E-state index in [2.05, 4.69) is 5.10 Å². The van der Waals surface area contributed by atoms with Crippen molar-refractivity contribution in [2.24, 2.45) is 5.73 Å². The quantitative estimate of drug-likeness (QED) is 0.629. The van der Waals surface area contributed by atoms with E-state index in [1.807, 2.05) is 19.9 Å². The summed E-state index contributed by atoms with van der Waals surface area (Å²) in [6.45, 7) is 3.87. The van der Waals surface area contributed by atoms with Crippen molar-refractivity contribution in [1.29, 1.82) is 0 Å². The standard InChI is InChI=1S/C8H12FN3/c1-8(2)5-3-4-11-12(5)7(9)6(8)10/h3-4,6-7H,10H2,1-2H3. The Balaban J connectivity index is 2.57. The van der Waals surface area contributed by atoms with Gasteiger partial charge in [-0.25, -0.2) is 9.07 Å². The Kier molecular flexibility index (Phi) is 1.33. The normalized spacial score (nSPS) is 32.0. The van der Waals surface area contributed by atoms with Gasteiger partial charge in [0.05, 0.1) is 6.04 Å². The first-order valence-electron chi connectivity index (χ1n) is 3.99. The van der Waals surface area contributed by atoms with Crippen LogP contribution >= 0.6 is 0 Å². The molecule has 4 heteroatoms. The number of aromatic nitrogens is 2. The molecule has 0 radical (unpaired) electrons. The SMILES string of the molecule is CC1(C)c2ccnn2C(F)C1N. The molecule has 2 rings (SSSR count). The molecule has 2 N–H and O–H groups in total. The maximum Gasteiger partial charge on any atom is 0.207 e. The average Bonchev–Trinajstić information content (AvgIpc) is 2.54. The van der Waals surface area contributed by atoms with Crippen LogP contribution in [0.5, 0.6) is 0 Å². The highest BCUT2D eigenvalue weighted by atomic mass is 19.1. The zero-order chi connectivity index (χ0) is 8.93. The van der Waals surface area contributed by atoms with E-state index >= 15 is 0 Å². The van der Waals surface area contributed by atoms with E-state index in [0.717, 1.165) is 5.69 Å². The van der Waals surface area contributed by atoms with Crippen molar-refractivity contribution in [3.8, 4) is 0 Å². The van der Waals surface area contributed by atoms with Crippen LogP contribution in [0.4, 0.5) is 4.39 Å². The number of nitrogens with zero attached hydrogens (tertiary/aromatic N) is 2. The molecular weight excluding hydrogens is 157 g/mol. The Labute approximate surface area is 70.4 Å². The number of hydrogen-bond donors (Lipinski definition) is 1. The molecule has 1 aromatic heterocycles. The first-order chi connectivity index (χ1) is 5.55. The largest absolute Gasteiger partial charge is 0.323 e. The number of hydrogen-bond acceptors (Lipinski definition) is 2. The molecule has 66 valence electrons.